The Labute approximate surface area is 113 Å². The van der Waals surface area contributed by atoms with Gasteiger partial charge in [0.15, 0.2) is 0 Å². The van der Waals surface area contributed by atoms with E-state index in [9.17, 15) is 4.79 Å². The lowest BCUT2D eigenvalue weighted by molar-refractivity contribution is -0.131. The monoisotopic (exact) mass is 272 g/mol. The van der Waals surface area contributed by atoms with Gasteiger partial charge in [0.05, 0.1) is 11.9 Å². The van der Waals surface area contributed by atoms with Crippen LogP contribution in [-0.2, 0) is 9.53 Å². The van der Waals surface area contributed by atoms with Crippen molar-refractivity contribution in [3.8, 4) is 0 Å². The van der Waals surface area contributed by atoms with E-state index >= 15 is 0 Å². The molecule has 2 nitrogen and oxygen atoms in total. The Morgan fingerprint density at radius 3 is 2.82 bits per heavy atom. The lowest BCUT2D eigenvalue weighted by atomic mass is 9.74. The van der Waals surface area contributed by atoms with E-state index in [0.29, 0.717) is 28.6 Å². The van der Waals surface area contributed by atoms with E-state index in [2.05, 4.69) is 20.8 Å². The van der Waals surface area contributed by atoms with Gasteiger partial charge in [-0.05, 0) is 36.4 Å². The summed E-state index contributed by atoms with van der Waals surface area (Å²) in [5, 5.41) is 0.0926. The Bertz CT molecular complexity index is 333. The van der Waals surface area contributed by atoms with Crippen molar-refractivity contribution in [2.24, 2.45) is 17.3 Å². The maximum absolute atomic E-state index is 11.8. The van der Waals surface area contributed by atoms with E-state index in [4.69, 9.17) is 17.0 Å². The van der Waals surface area contributed by atoms with Crippen LogP contribution in [0.4, 0.5) is 0 Å². The van der Waals surface area contributed by atoms with Gasteiger partial charge in [0.25, 0.3) is 0 Å². The summed E-state index contributed by atoms with van der Waals surface area (Å²) in [6.45, 7) is 6.96. The molecule has 0 saturated heterocycles. The SMILES string of the molecule is CC(C)(C)COC(=S)SC1C(=O)[C@@H]2CCC[C@H]12. The Morgan fingerprint density at radius 2 is 2.18 bits per heavy atom. The summed E-state index contributed by atoms with van der Waals surface area (Å²) in [6.07, 6.45) is 3.49. The average molecular weight is 272 g/mol. The van der Waals surface area contributed by atoms with Crippen LogP contribution in [0.2, 0.25) is 0 Å². The number of fused-ring (bicyclic) bond motifs is 1. The molecule has 0 aromatic carbocycles. The zero-order chi connectivity index (χ0) is 12.6. The Morgan fingerprint density at radius 1 is 1.47 bits per heavy atom. The van der Waals surface area contributed by atoms with Gasteiger partial charge in [0.1, 0.15) is 5.78 Å². The highest BCUT2D eigenvalue weighted by atomic mass is 32.2. The van der Waals surface area contributed by atoms with E-state index in [1.54, 1.807) is 0 Å². The lowest BCUT2D eigenvalue weighted by Gasteiger charge is -2.37. The second-order valence-corrected chi connectivity index (χ2v) is 7.98. The van der Waals surface area contributed by atoms with E-state index in [0.717, 1.165) is 6.42 Å². The van der Waals surface area contributed by atoms with E-state index in [1.807, 2.05) is 0 Å². The average Bonchev–Trinajstić information content (AvgIpc) is 2.66. The lowest BCUT2D eigenvalue weighted by Crippen LogP contribution is -2.47. The molecule has 4 heteroatoms. The number of ketones is 1. The normalized spacial score (nSPS) is 31.9. The van der Waals surface area contributed by atoms with Crippen LogP contribution >= 0.6 is 24.0 Å². The molecule has 0 aromatic heterocycles. The van der Waals surface area contributed by atoms with E-state index in [1.165, 1.54) is 24.6 Å². The van der Waals surface area contributed by atoms with Crippen molar-refractivity contribution in [3.63, 3.8) is 0 Å². The Balaban J connectivity index is 1.78. The molecule has 2 saturated carbocycles. The van der Waals surface area contributed by atoms with E-state index < -0.39 is 0 Å². The van der Waals surface area contributed by atoms with Gasteiger partial charge in [0.2, 0.25) is 4.38 Å². The van der Waals surface area contributed by atoms with Crippen molar-refractivity contribution in [2.75, 3.05) is 6.61 Å². The summed E-state index contributed by atoms with van der Waals surface area (Å²) in [7, 11) is 0. The predicted molar refractivity (Wildman–Crippen MR) is 75.2 cm³/mol. The van der Waals surface area contributed by atoms with Gasteiger partial charge in [-0.1, -0.05) is 39.0 Å². The van der Waals surface area contributed by atoms with Crippen LogP contribution in [-0.4, -0.2) is 22.0 Å². The molecule has 2 fully saturated rings. The minimum atomic E-state index is 0.0926. The first-order valence-electron chi connectivity index (χ1n) is 6.25. The summed E-state index contributed by atoms with van der Waals surface area (Å²) in [5.41, 5.74) is 0.115. The van der Waals surface area contributed by atoms with E-state index in [-0.39, 0.29) is 10.7 Å². The summed E-state index contributed by atoms with van der Waals surface area (Å²) in [6, 6.07) is 0. The molecular formula is C13H20O2S2. The molecule has 3 atom stereocenters. The zero-order valence-electron chi connectivity index (χ0n) is 10.7. The summed E-state index contributed by atoms with van der Waals surface area (Å²) < 4.78 is 6.10. The first-order valence-corrected chi connectivity index (χ1v) is 7.54. The smallest absolute Gasteiger partial charge is 0.220 e. The van der Waals surface area contributed by atoms with Gasteiger partial charge < -0.3 is 4.74 Å². The van der Waals surface area contributed by atoms with Crippen molar-refractivity contribution < 1.29 is 9.53 Å². The molecule has 17 heavy (non-hydrogen) atoms. The number of hydrogen-bond donors (Lipinski definition) is 0. The number of thiocarbonyl (C=S) groups is 1. The van der Waals surface area contributed by atoms with Gasteiger partial charge in [-0.15, -0.1) is 0 Å². The first-order chi connectivity index (χ1) is 7.88. The first kappa shape index (κ1) is 13.3. The maximum atomic E-state index is 11.8. The van der Waals surface area contributed by atoms with Crippen LogP contribution < -0.4 is 0 Å². The second-order valence-electron chi connectivity index (χ2n) is 6.24. The fourth-order valence-corrected chi connectivity index (χ4v) is 4.06. The number of rotatable bonds is 2. The number of hydrogen-bond acceptors (Lipinski definition) is 4. The molecule has 0 aromatic rings. The fraction of sp³-hybridized carbons (Fsp3) is 0.846. The van der Waals surface area contributed by atoms with Gasteiger partial charge in [-0.25, -0.2) is 0 Å². The number of Topliss-reactive ketones (excluding diaryl/α,β-unsaturated/α-hetero) is 1. The summed E-state index contributed by atoms with van der Waals surface area (Å²) in [5.74, 6) is 1.32. The Hall–Kier alpha value is -0.0900. The highest BCUT2D eigenvalue weighted by Gasteiger charge is 2.52. The molecule has 0 aliphatic heterocycles. The predicted octanol–water partition coefficient (Wildman–Crippen LogP) is 3.43. The van der Waals surface area contributed by atoms with Crippen molar-refractivity contribution in [1.29, 1.82) is 0 Å². The largest absolute Gasteiger partial charge is 0.478 e. The van der Waals surface area contributed by atoms with Crippen molar-refractivity contribution in [1.82, 2.24) is 0 Å². The van der Waals surface area contributed by atoms with Crippen LogP contribution in [0.1, 0.15) is 40.0 Å². The van der Waals surface area contributed by atoms with Gasteiger partial charge in [-0.3, -0.25) is 4.79 Å². The minimum absolute atomic E-state index is 0.0926. The molecule has 0 N–H and O–H groups in total. The van der Waals surface area contributed by atoms with Crippen LogP contribution in [0.25, 0.3) is 0 Å². The number of carbonyl (C=O) groups is 1. The van der Waals surface area contributed by atoms with Crippen molar-refractivity contribution in [3.05, 3.63) is 0 Å². The third-order valence-corrected chi connectivity index (χ3v) is 5.00. The van der Waals surface area contributed by atoms with Gasteiger partial charge in [0, 0.05) is 5.92 Å². The third kappa shape index (κ3) is 3.02. The van der Waals surface area contributed by atoms with Crippen molar-refractivity contribution >= 4 is 34.1 Å². The van der Waals surface area contributed by atoms with Crippen LogP contribution in [0.15, 0.2) is 0 Å². The molecular weight excluding hydrogens is 252 g/mol. The summed E-state index contributed by atoms with van der Waals surface area (Å²) >= 11 is 6.67. The molecule has 1 unspecified atom stereocenters. The maximum Gasteiger partial charge on any atom is 0.220 e. The zero-order valence-corrected chi connectivity index (χ0v) is 12.3. The minimum Gasteiger partial charge on any atom is -0.478 e. The summed E-state index contributed by atoms with van der Waals surface area (Å²) in [4.78, 5) is 11.8. The number of carbonyl (C=O) groups excluding carboxylic acids is 1. The number of thioether (sulfide) groups is 1. The molecule has 96 valence electrons. The molecule has 0 heterocycles. The van der Waals surface area contributed by atoms with Crippen LogP contribution in [0, 0.1) is 17.3 Å². The quantitative estimate of drug-likeness (QED) is 0.719. The molecule has 0 spiro atoms. The van der Waals surface area contributed by atoms with Crippen LogP contribution in [0.5, 0.6) is 0 Å². The molecule has 2 aliphatic rings. The van der Waals surface area contributed by atoms with Gasteiger partial charge >= 0.3 is 0 Å². The standard InChI is InChI=1S/C13H20O2S2/c1-13(2,3)7-15-12(16)17-11-9-6-4-5-8(9)10(11)14/h8-9,11H,4-7H2,1-3H3/t8-,9+,11?/m1/s1. The molecule has 2 aliphatic carbocycles. The molecule has 0 bridgehead atoms. The highest BCUT2D eigenvalue weighted by Crippen LogP contribution is 2.49. The van der Waals surface area contributed by atoms with Gasteiger partial charge in [-0.2, -0.15) is 0 Å². The van der Waals surface area contributed by atoms with Crippen molar-refractivity contribution in [2.45, 2.75) is 45.3 Å². The second kappa shape index (κ2) is 4.88. The molecule has 0 amide bonds. The van der Waals surface area contributed by atoms with Crippen LogP contribution in [0.3, 0.4) is 0 Å². The topological polar surface area (TPSA) is 26.3 Å². The number of ether oxygens (including phenoxy) is 1. The third-order valence-electron chi connectivity index (χ3n) is 3.45. The highest BCUT2D eigenvalue weighted by molar-refractivity contribution is 8.23. The fourth-order valence-electron chi connectivity index (χ4n) is 2.57. The molecule has 2 rings (SSSR count). The Kier molecular flexibility index (Phi) is 3.83. The molecule has 0 radical (unpaired) electrons.